The minimum Gasteiger partial charge on any atom is -0.508 e. The number of phenolic OH excluding ortho intramolecular Hbond substituents is 2. The van der Waals surface area contributed by atoms with Crippen molar-refractivity contribution < 1.29 is 10.2 Å². The third-order valence-electron chi connectivity index (χ3n) is 3.23. The fourth-order valence-corrected chi connectivity index (χ4v) is 2.14. The molecule has 0 heterocycles. The molecule has 0 aliphatic heterocycles. The Balaban J connectivity index is 2.33. The van der Waals surface area contributed by atoms with Gasteiger partial charge in [-0.05, 0) is 43.7 Å². The average molecular weight is 268 g/mol. The molecule has 0 spiro atoms. The monoisotopic (exact) mass is 268 g/mol. The topological polar surface area (TPSA) is 76.3 Å². The smallest absolute Gasteiger partial charge is 0.121 e. The van der Waals surface area contributed by atoms with E-state index in [1.807, 2.05) is 32.0 Å². The fraction of sp³-hybridized carbons (Fsp3) is 0.188. The van der Waals surface area contributed by atoms with Gasteiger partial charge in [-0.15, -0.1) is 0 Å². The lowest BCUT2D eigenvalue weighted by atomic mass is 10.0. The molecule has 4 heteroatoms. The summed E-state index contributed by atoms with van der Waals surface area (Å²) >= 11 is 0. The molecule has 20 heavy (non-hydrogen) atoms. The number of nitrogens with one attached hydrogen (secondary N) is 1. The van der Waals surface area contributed by atoms with Crippen LogP contribution in [0.5, 0.6) is 11.5 Å². The summed E-state index contributed by atoms with van der Waals surface area (Å²) < 4.78 is 0. The van der Waals surface area contributed by atoms with Crippen molar-refractivity contribution in [3.05, 3.63) is 53.1 Å². The summed E-state index contributed by atoms with van der Waals surface area (Å²) in [6, 6.07) is 11.9. The first kappa shape index (κ1) is 13.8. The number of phenols is 2. The maximum atomic E-state index is 9.85. The van der Waals surface area contributed by atoms with Crippen LogP contribution in [0.1, 0.15) is 29.7 Å². The van der Waals surface area contributed by atoms with E-state index < -0.39 is 0 Å². The largest absolute Gasteiger partial charge is 0.508 e. The highest BCUT2D eigenvalue weighted by Gasteiger charge is 2.13. The zero-order valence-electron chi connectivity index (χ0n) is 11.4. The number of anilines is 1. The van der Waals surface area contributed by atoms with E-state index in [1.165, 1.54) is 18.2 Å². The van der Waals surface area contributed by atoms with Gasteiger partial charge in [-0.2, -0.15) is 5.26 Å². The van der Waals surface area contributed by atoms with Gasteiger partial charge in [0.1, 0.15) is 17.6 Å². The van der Waals surface area contributed by atoms with E-state index in [-0.39, 0.29) is 17.5 Å². The van der Waals surface area contributed by atoms with Gasteiger partial charge >= 0.3 is 0 Å². The van der Waals surface area contributed by atoms with Crippen molar-refractivity contribution in [1.82, 2.24) is 0 Å². The number of nitriles is 1. The van der Waals surface area contributed by atoms with Crippen LogP contribution in [0, 0.1) is 18.3 Å². The van der Waals surface area contributed by atoms with Crippen LogP contribution in [0.15, 0.2) is 36.4 Å². The molecule has 1 unspecified atom stereocenters. The molecular weight excluding hydrogens is 252 g/mol. The van der Waals surface area contributed by atoms with E-state index in [0.717, 1.165) is 5.56 Å². The Kier molecular flexibility index (Phi) is 3.81. The van der Waals surface area contributed by atoms with Gasteiger partial charge in [0.25, 0.3) is 0 Å². The van der Waals surface area contributed by atoms with Crippen LogP contribution >= 0.6 is 0 Å². The number of hydrogen-bond donors (Lipinski definition) is 3. The Labute approximate surface area is 117 Å². The second-order valence-electron chi connectivity index (χ2n) is 4.72. The van der Waals surface area contributed by atoms with Gasteiger partial charge in [0.05, 0.1) is 17.3 Å². The van der Waals surface area contributed by atoms with Gasteiger partial charge in [0.2, 0.25) is 0 Å². The zero-order chi connectivity index (χ0) is 14.7. The summed E-state index contributed by atoms with van der Waals surface area (Å²) in [7, 11) is 0. The SMILES string of the molecule is Cc1cccc(NC(C)c2cc(O)ccc2O)c1C#N. The molecule has 3 N–H and O–H groups in total. The first-order valence-electron chi connectivity index (χ1n) is 6.31. The van der Waals surface area contributed by atoms with Gasteiger partial charge in [0, 0.05) is 5.56 Å². The van der Waals surface area contributed by atoms with Crippen LogP contribution in [0.4, 0.5) is 5.69 Å². The van der Waals surface area contributed by atoms with E-state index in [0.29, 0.717) is 16.8 Å². The lowest BCUT2D eigenvalue weighted by molar-refractivity contribution is 0.451. The Morgan fingerprint density at radius 2 is 1.95 bits per heavy atom. The number of nitrogens with zero attached hydrogens (tertiary/aromatic N) is 1. The molecule has 2 aromatic rings. The number of hydrogen-bond acceptors (Lipinski definition) is 4. The number of rotatable bonds is 3. The van der Waals surface area contributed by atoms with Crippen LogP contribution in [0.3, 0.4) is 0 Å². The van der Waals surface area contributed by atoms with Gasteiger partial charge in [-0.3, -0.25) is 0 Å². The summed E-state index contributed by atoms with van der Waals surface area (Å²) in [6.45, 7) is 3.73. The molecule has 0 bridgehead atoms. The fourth-order valence-electron chi connectivity index (χ4n) is 2.14. The van der Waals surface area contributed by atoms with Crippen molar-refractivity contribution in [3.8, 4) is 17.6 Å². The van der Waals surface area contributed by atoms with Gasteiger partial charge < -0.3 is 15.5 Å². The van der Waals surface area contributed by atoms with E-state index >= 15 is 0 Å². The maximum absolute atomic E-state index is 9.85. The van der Waals surface area contributed by atoms with Crippen molar-refractivity contribution in [2.45, 2.75) is 19.9 Å². The van der Waals surface area contributed by atoms with Crippen LogP contribution in [0.25, 0.3) is 0 Å². The molecule has 2 rings (SSSR count). The van der Waals surface area contributed by atoms with Gasteiger partial charge in [-0.25, -0.2) is 0 Å². The first-order valence-corrected chi connectivity index (χ1v) is 6.31. The van der Waals surface area contributed by atoms with Crippen LogP contribution < -0.4 is 5.32 Å². The normalized spacial score (nSPS) is 11.7. The lowest BCUT2D eigenvalue weighted by Gasteiger charge is -2.18. The highest BCUT2D eigenvalue weighted by molar-refractivity contribution is 5.62. The van der Waals surface area contributed by atoms with Crippen LogP contribution in [0.2, 0.25) is 0 Å². The molecule has 102 valence electrons. The predicted molar refractivity (Wildman–Crippen MR) is 77.7 cm³/mol. The van der Waals surface area contributed by atoms with E-state index in [2.05, 4.69) is 11.4 Å². The Morgan fingerprint density at radius 3 is 2.65 bits per heavy atom. The summed E-state index contributed by atoms with van der Waals surface area (Å²) in [5.41, 5.74) is 2.77. The molecule has 1 atom stereocenters. The average Bonchev–Trinajstić information content (AvgIpc) is 2.41. The quantitative estimate of drug-likeness (QED) is 0.745. The summed E-state index contributed by atoms with van der Waals surface area (Å²) in [6.07, 6.45) is 0. The van der Waals surface area contributed by atoms with Crippen molar-refractivity contribution in [1.29, 1.82) is 5.26 Å². The van der Waals surface area contributed by atoms with Crippen molar-refractivity contribution in [2.24, 2.45) is 0 Å². The number of benzene rings is 2. The second-order valence-corrected chi connectivity index (χ2v) is 4.72. The number of aromatic hydroxyl groups is 2. The Morgan fingerprint density at radius 1 is 1.20 bits per heavy atom. The number of aryl methyl sites for hydroxylation is 1. The zero-order valence-corrected chi connectivity index (χ0v) is 11.4. The summed E-state index contributed by atoms with van der Waals surface area (Å²) in [5.74, 6) is 0.199. The molecule has 0 aliphatic carbocycles. The van der Waals surface area contributed by atoms with E-state index in [9.17, 15) is 15.5 Å². The predicted octanol–water partition coefficient (Wildman–Crippen LogP) is 3.45. The molecular formula is C16H16N2O2. The minimum absolute atomic E-state index is 0.0937. The van der Waals surface area contributed by atoms with Crippen molar-refractivity contribution in [2.75, 3.05) is 5.32 Å². The third-order valence-corrected chi connectivity index (χ3v) is 3.23. The maximum Gasteiger partial charge on any atom is 0.121 e. The first-order chi connectivity index (χ1) is 9.52. The molecule has 0 fully saturated rings. The molecule has 0 radical (unpaired) electrons. The van der Waals surface area contributed by atoms with Crippen LogP contribution in [-0.2, 0) is 0 Å². The lowest BCUT2D eigenvalue weighted by Crippen LogP contribution is -2.08. The van der Waals surface area contributed by atoms with Crippen LogP contribution in [-0.4, -0.2) is 10.2 Å². The highest BCUT2D eigenvalue weighted by atomic mass is 16.3. The molecule has 0 amide bonds. The molecule has 0 aliphatic rings. The molecule has 0 aromatic heterocycles. The van der Waals surface area contributed by atoms with E-state index in [4.69, 9.17) is 0 Å². The standard InChI is InChI=1S/C16H16N2O2/c1-10-4-3-5-15(14(10)9-17)18-11(2)13-8-12(19)6-7-16(13)20/h3-8,11,18-20H,1-2H3. The third kappa shape index (κ3) is 2.67. The Hall–Kier alpha value is -2.67. The van der Waals surface area contributed by atoms with Crippen molar-refractivity contribution >= 4 is 5.69 Å². The second kappa shape index (κ2) is 5.54. The molecule has 4 nitrogen and oxygen atoms in total. The molecule has 0 saturated heterocycles. The Bertz CT molecular complexity index is 675. The molecule has 2 aromatic carbocycles. The minimum atomic E-state index is -0.240. The van der Waals surface area contributed by atoms with Gasteiger partial charge in [-0.1, -0.05) is 12.1 Å². The van der Waals surface area contributed by atoms with Crippen molar-refractivity contribution in [3.63, 3.8) is 0 Å². The van der Waals surface area contributed by atoms with E-state index in [1.54, 1.807) is 0 Å². The highest BCUT2D eigenvalue weighted by Crippen LogP contribution is 2.31. The molecule has 0 saturated carbocycles. The summed E-state index contributed by atoms with van der Waals surface area (Å²) in [4.78, 5) is 0. The summed E-state index contributed by atoms with van der Waals surface area (Å²) in [5, 5.41) is 31.7. The van der Waals surface area contributed by atoms with Gasteiger partial charge in [0.15, 0.2) is 0 Å².